The van der Waals surface area contributed by atoms with E-state index in [4.69, 9.17) is 0 Å². The van der Waals surface area contributed by atoms with Crippen LogP contribution >= 0.6 is 0 Å². The zero-order valence-electron chi connectivity index (χ0n) is 33.4. The van der Waals surface area contributed by atoms with Crippen molar-refractivity contribution >= 4 is 0 Å². The van der Waals surface area contributed by atoms with E-state index in [1.807, 2.05) is 0 Å². The van der Waals surface area contributed by atoms with Gasteiger partial charge in [-0.2, -0.15) is 0 Å². The molecule has 275 valence electrons. The van der Waals surface area contributed by atoms with Crippen LogP contribution in [0.5, 0.6) is 0 Å². The fourth-order valence-electron chi connectivity index (χ4n) is 8.60. The summed E-state index contributed by atoms with van der Waals surface area (Å²) in [5.41, 5.74) is 0.608. The molecule has 1 heteroatoms. The molecule has 0 bridgehead atoms. The Hall–Kier alpha value is -0.0400. The Labute approximate surface area is 294 Å². The first kappa shape index (κ1) is 44.0. The molecule has 0 aromatic heterocycles. The van der Waals surface area contributed by atoms with Crippen LogP contribution in [-0.4, -0.2) is 22.5 Å². The van der Waals surface area contributed by atoms with E-state index >= 15 is 0 Å². The number of piperidine rings is 1. The third-order valence-corrected chi connectivity index (χ3v) is 11.8. The Morgan fingerprint density at radius 3 is 1.02 bits per heavy atom. The lowest BCUT2D eigenvalue weighted by Crippen LogP contribution is -2.62. The second-order valence-electron chi connectivity index (χ2n) is 17.1. The monoisotopic (exact) mass is 645 g/mol. The van der Waals surface area contributed by atoms with E-state index < -0.39 is 0 Å². The molecular weight excluding hydrogens is 555 g/mol. The Morgan fingerprint density at radius 1 is 0.413 bits per heavy atom. The molecule has 1 rings (SSSR count). The molecule has 1 atom stereocenters. The highest BCUT2D eigenvalue weighted by atomic mass is 15.3. The average Bonchev–Trinajstić information content (AvgIpc) is 3.02. The number of nitrogens with zero attached hydrogens (tertiary/aromatic N) is 1. The van der Waals surface area contributed by atoms with E-state index in [1.165, 1.54) is 225 Å². The van der Waals surface area contributed by atoms with Gasteiger partial charge >= 0.3 is 0 Å². The van der Waals surface area contributed by atoms with Crippen LogP contribution in [0.1, 0.15) is 260 Å². The van der Waals surface area contributed by atoms with E-state index in [9.17, 15) is 0 Å². The first-order valence-electron chi connectivity index (χ1n) is 22.0. The van der Waals surface area contributed by atoms with Crippen LogP contribution in [0.15, 0.2) is 0 Å². The molecule has 0 spiro atoms. The summed E-state index contributed by atoms with van der Waals surface area (Å²) in [5, 5.41) is 0. The van der Waals surface area contributed by atoms with Crippen LogP contribution in [0.3, 0.4) is 0 Å². The second kappa shape index (κ2) is 29.8. The molecule has 0 amide bonds. The molecule has 46 heavy (non-hydrogen) atoms. The van der Waals surface area contributed by atoms with Gasteiger partial charge in [0.2, 0.25) is 0 Å². The summed E-state index contributed by atoms with van der Waals surface area (Å²) in [4.78, 5) is 2.92. The summed E-state index contributed by atoms with van der Waals surface area (Å²) in [6.45, 7) is 16.0. The zero-order chi connectivity index (χ0) is 33.6. The lowest BCUT2D eigenvalue weighted by Gasteiger charge is -2.57. The van der Waals surface area contributed by atoms with Gasteiger partial charge in [0.15, 0.2) is 0 Å². The van der Waals surface area contributed by atoms with E-state index in [1.54, 1.807) is 0 Å². The maximum absolute atomic E-state index is 2.92. The molecule has 1 heterocycles. The lowest BCUT2D eigenvalue weighted by molar-refractivity contribution is -0.0448. The summed E-state index contributed by atoms with van der Waals surface area (Å²) in [6.07, 6.45) is 52.0. The molecule has 0 N–H and O–H groups in total. The Morgan fingerprint density at radius 2 is 0.696 bits per heavy atom. The predicted octanol–water partition coefficient (Wildman–Crippen LogP) is 16.0. The van der Waals surface area contributed by atoms with Gasteiger partial charge in [-0.25, -0.2) is 0 Å². The molecule has 0 aromatic rings. The SMILES string of the molecule is CCCCCCCCCCCCCCCCCCC1[CH]CC(C)(C)N(CCCCCCCCCCCCCCCCCC)C1(C)C. The summed E-state index contributed by atoms with van der Waals surface area (Å²) in [7, 11) is 0. The van der Waals surface area contributed by atoms with Crippen LogP contribution in [0.4, 0.5) is 0 Å². The molecule has 0 saturated carbocycles. The van der Waals surface area contributed by atoms with Crippen molar-refractivity contribution in [3.63, 3.8) is 0 Å². The zero-order valence-corrected chi connectivity index (χ0v) is 33.4. The minimum atomic E-state index is 0.298. The van der Waals surface area contributed by atoms with Crippen molar-refractivity contribution in [1.82, 2.24) is 4.90 Å². The van der Waals surface area contributed by atoms with Crippen LogP contribution in [-0.2, 0) is 0 Å². The third-order valence-electron chi connectivity index (χ3n) is 11.8. The molecule has 0 aromatic carbocycles. The van der Waals surface area contributed by atoms with Crippen molar-refractivity contribution in [1.29, 1.82) is 0 Å². The van der Waals surface area contributed by atoms with Gasteiger partial charge in [0.25, 0.3) is 0 Å². The Balaban J connectivity index is 2.04. The van der Waals surface area contributed by atoms with Gasteiger partial charge in [0, 0.05) is 11.1 Å². The average molecular weight is 645 g/mol. The van der Waals surface area contributed by atoms with Crippen molar-refractivity contribution in [3.05, 3.63) is 6.42 Å². The van der Waals surface area contributed by atoms with Gasteiger partial charge in [-0.3, -0.25) is 4.90 Å². The maximum Gasteiger partial charge on any atom is 0.0189 e. The van der Waals surface area contributed by atoms with Crippen LogP contribution < -0.4 is 0 Å². The van der Waals surface area contributed by atoms with Crippen molar-refractivity contribution in [2.75, 3.05) is 6.54 Å². The predicted molar refractivity (Wildman–Crippen MR) is 211 cm³/mol. The van der Waals surface area contributed by atoms with Crippen LogP contribution in [0, 0.1) is 12.3 Å². The van der Waals surface area contributed by atoms with Gasteiger partial charge in [0.05, 0.1) is 0 Å². The van der Waals surface area contributed by atoms with Crippen LogP contribution in [0.25, 0.3) is 0 Å². The number of hydrogen-bond acceptors (Lipinski definition) is 1. The maximum atomic E-state index is 2.92. The van der Waals surface area contributed by atoms with Crippen LogP contribution in [0.2, 0.25) is 0 Å². The van der Waals surface area contributed by atoms with Gasteiger partial charge in [-0.15, -0.1) is 0 Å². The highest BCUT2D eigenvalue weighted by molar-refractivity contribution is 5.08. The topological polar surface area (TPSA) is 3.24 Å². The fourth-order valence-corrected chi connectivity index (χ4v) is 8.60. The largest absolute Gasteiger partial charge is 0.293 e. The van der Waals surface area contributed by atoms with Gasteiger partial charge in [0.1, 0.15) is 0 Å². The first-order valence-corrected chi connectivity index (χ1v) is 22.0. The standard InChI is InChI=1S/C45H90N/c1-7-9-11-13-15-17-19-21-23-25-27-29-31-33-35-37-39-43-40-41-44(3,4)46(45(43,5)6)42-38-36-34-32-30-28-26-24-22-20-18-16-14-12-10-8-2/h40,43H,7-39,41-42H2,1-6H3. The third kappa shape index (κ3) is 22.6. The number of hydrogen-bond donors (Lipinski definition) is 0. The molecule has 0 aliphatic carbocycles. The second-order valence-corrected chi connectivity index (χ2v) is 17.1. The van der Waals surface area contributed by atoms with E-state index in [0.717, 1.165) is 5.92 Å². The molecule has 1 aliphatic heterocycles. The first-order chi connectivity index (χ1) is 22.4. The Bertz CT molecular complexity index is 620. The van der Waals surface area contributed by atoms with Gasteiger partial charge in [-0.1, -0.05) is 213 Å². The Kier molecular flexibility index (Phi) is 28.5. The van der Waals surface area contributed by atoms with Gasteiger partial charge in [-0.05, 0) is 65.8 Å². The molecule has 1 fully saturated rings. The van der Waals surface area contributed by atoms with Crippen molar-refractivity contribution in [2.45, 2.75) is 271 Å². The molecule has 1 nitrogen and oxygen atoms in total. The molecule has 1 aliphatic rings. The minimum Gasteiger partial charge on any atom is -0.293 e. The lowest BCUT2D eigenvalue weighted by atomic mass is 9.70. The molecule has 1 saturated heterocycles. The van der Waals surface area contributed by atoms with Gasteiger partial charge < -0.3 is 0 Å². The van der Waals surface area contributed by atoms with E-state index in [0.29, 0.717) is 11.1 Å². The summed E-state index contributed by atoms with van der Waals surface area (Å²) >= 11 is 0. The number of rotatable bonds is 34. The van der Waals surface area contributed by atoms with Crippen molar-refractivity contribution in [3.8, 4) is 0 Å². The summed E-state index contributed by atoms with van der Waals surface area (Å²) in [5.74, 6) is 0.758. The molecule has 1 radical (unpaired) electrons. The molecule has 1 unspecified atom stereocenters. The summed E-state index contributed by atoms with van der Waals surface area (Å²) < 4.78 is 0. The van der Waals surface area contributed by atoms with E-state index in [-0.39, 0.29) is 0 Å². The summed E-state index contributed by atoms with van der Waals surface area (Å²) in [6, 6.07) is 0. The van der Waals surface area contributed by atoms with Crippen molar-refractivity contribution < 1.29 is 0 Å². The number of likely N-dealkylation sites (tertiary alicyclic amines) is 1. The highest BCUT2D eigenvalue weighted by Crippen LogP contribution is 2.43. The quantitative estimate of drug-likeness (QED) is 0.0630. The minimum absolute atomic E-state index is 0.298. The number of unbranched alkanes of at least 4 members (excludes halogenated alkanes) is 30. The van der Waals surface area contributed by atoms with Crippen molar-refractivity contribution in [2.24, 2.45) is 5.92 Å². The normalized spacial score (nSPS) is 18.0. The molecular formula is C45H90N. The smallest absolute Gasteiger partial charge is 0.0189 e. The fraction of sp³-hybridized carbons (Fsp3) is 0.978. The van der Waals surface area contributed by atoms with E-state index in [2.05, 4.69) is 52.9 Å². The highest BCUT2D eigenvalue weighted by Gasteiger charge is 2.46.